The molecule has 0 atom stereocenters. The Hall–Kier alpha value is -1.79. The van der Waals surface area contributed by atoms with E-state index in [4.69, 9.17) is 0 Å². The molecular formula is C11H10F4N2O. The number of rotatable bonds is 1. The maximum absolute atomic E-state index is 13.4. The average molecular weight is 262 g/mol. The highest BCUT2D eigenvalue weighted by molar-refractivity contribution is 5.80. The minimum atomic E-state index is -4.85. The second kappa shape index (κ2) is 3.86. The van der Waals surface area contributed by atoms with Crippen LogP contribution in [-0.4, -0.2) is 9.55 Å². The number of imidazole rings is 1. The molecule has 2 rings (SSSR count). The largest absolute Gasteiger partial charge is 0.421 e. The third kappa shape index (κ3) is 1.79. The number of halogens is 4. The highest BCUT2D eigenvalue weighted by Gasteiger charge is 2.38. The van der Waals surface area contributed by atoms with E-state index in [1.54, 1.807) is 13.8 Å². The summed E-state index contributed by atoms with van der Waals surface area (Å²) in [5.41, 5.74) is -2.56. The highest BCUT2D eigenvalue weighted by atomic mass is 19.4. The first-order chi connectivity index (χ1) is 8.23. The van der Waals surface area contributed by atoms with Crippen molar-refractivity contribution in [3.63, 3.8) is 0 Å². The van der Waals surface area contributed by atoms with Crippen LogP contribution in [0.15, 0.2) is 16.9 Å². The third-order valence-corrected chi connectivity index (χ3v) is 2.63. The summed E-state index contributed by atoms with van der Waals surface area (Å²) >= 11 is 0. The molecule has 0 saturated carbocycles. The van der Waals surface area contributed by atoms with E-state index in [1.165, 1.54) is 0 Å². The van der Waals surface area contributed by atoms with Crippen LogP contribution in [0.3, 0.4) is 0 Å². The number of hydrogen-bond acceptors (Lipinski definition) is 1. The van der Waals surface area contributed by atoms with Crippen molar-refractivity contribution in [3.8, 4) is 0 Å². The van der Waals surface area contributed by atoms with Gasteiger partial charge >= 0.3 is 11.9 Å². The van der Waals surface area contributed by atoms with Crippen molar-refractivity contribution in [3.05, 3.63) is 34.0 Å². The van der Waals surface area contributed by atoms with Crippen molar-refractivity contribution < 1.29 is 17.6 Å². The Labute approximate surface area is 99.0 Å². The zero-order chi connectivity index (χ0) is 13.7. The van der Waals surface area contributed by atoms with E-state index < -0.39 is 34.8 Å². The Kier molecular flexibility index (Phi) is 2.71. The van der Waals surface area contributed by atoms with Crippen LogP contribution in [0, 0.1) is 5.82 Å². The van der Waals surface area contributed by atoms with Gasteiger partial charge in [-0.05, 0) is 26.0 Å². The second-order valence-corrected chi connectivity index (χ2v) is 4.21. The fourth-order valence-corrected chi connectivity index (χ4v) is 1.96. The number of hydrogen-bond donors (Lipinski definition) is 1. The summed E-state index contributed by atoms with van der Waals surface area (Å²) in [5, 5.41) is 0. The Balaban J connectivity index is 3.00. The van der Waals surface area contributed by atoms with Gasteiger partial charge in [-0.25, -0.2) is 9.18 Å². The maximum atomic E-state index is 13.4. The molecule has 0 aliphatic rings. The van der Waals surface area contributed by atoms with E-state index in [0.29, 0.717) is 6.07 Å². The van der Waals surface area contributed by atoms with Gasteiger partial charge in [0.1, 0.15) is 11.4 Å². The Morgan fingerprint density at radius 1 is 1.28 bits per heavy atom. The summed E-state index contributed by atoms with van der Waals surface area (Å²) in [7, 11) is 0. The molecule has 0 amide bonds. The molecule has 0 fully saturated rings. The van der Waals surface area contributed by atoms with Crippen LogP contribution in [0.5, 0.6) is 0 Å². The molecule has 1 heterocycles. The first kappa shape index (κ1) is 12.7. The summed E-state index contributed by atoms with van der Waals surface area (Å²) in [5.74, 6) is -1.39. The topological polar surface area (TPSA) is 37.8 Å². The van der Waals surface area contributed by atoms with Gasteiger partial charge in [-0.2, -0.15) is 13.2 Å². The van der Waals surface area contributed by atoms with Crippen LogP contribution in [0.1, 0.15) is 25.5 Å². The zero-order valence-electron chi connectivity index (χ0n) is 9.60. The standard InChI is InChI=1S/C11H10F4N2O/c1-5(2)17-9-7(16-10(17)18)4-3-6(12)8(9)11(13,14)15/h3-5H,1-2H3,(H,16,18). The predicted octanol–water partition coefficient (Wildman–Crippen LogP) is 3.07. The second-order valence-electron chi connectivity index (χ2n) is 4.21. The van der Waals surface area contributed by atoms with Gasteiger partial charge in [0, 0.05) is 6.04 Å². The summed E-state index contributed by atoms with van der Waals surface area (Å²) in [6, 6.07) is 1.32. The molecule has 0 bridgehead atoms. The number of aromatic amines is 1. The fraction of sp³-hybridized carbons (Fsp3) is 0.364. The first-order valence-corrected chi connectivity index (χ1v) is 5.23. The lowest BCUT2D eigenvalue weighted by Crippen LogP contribution is -2.20. The predicted molar refractivity (Wildman–Crippen MR) is 57.9 cm³/mol. The monoisotopic (exact) mass is 262 g/mol. The van der Waals surface area contributed by atoms with Crippen molar-refractivity contribution in [2.75, 3.05) is 0 Å². The number of alkyl halides is 3. The van der Waals surface area contributed by atoms with Gasteiger partial charge in [0.25, 0.3) is 0 Å². The maximum Gasteiger partial charge on any atom is 0.421 e. The molecule has 0 unspecified atom stereocenters. The summed E-state index contributed by atoms with van der Waals surface area (Å²) in [4.78, 5) is 13.9. The van der Waals surface area contributed by atoms with Gasteiger partial charge in [0.2, 0.25) is 0 Å². The number of aromatic nitrogens is 2. The van der Waals surface area contributed by atoms with Crippen molar-refractivity contribution in [1.29, 1.82) is 0 Å². The lowest BCUT2D eigenvalue weighted by atomic mass is 10.1. The first-order valence-electron chi connectivity index (χ1n) is 5.23. The summed E-state index contributed by atoms with van der Waals surface area (Å²) in [6.07, 6.45) is -4.85. The normalized spacial score (nSPS) is 12.6. The molecule has 1 N–H and O–H groups in total. The number of H-pyrrole nitrogens is 1. The molecule has 1 aromatic heterocycles. The van der Waals surface area contributed by atoms with Crippen LogP contribution in [0.25, 0.3) is 11.0 Å². The Bertz CT molecular complexity index is 651. The molecule has 1 aromatic carbocycles. The Morgan fingerprint density at radius 3 is 2.39 bits per heavy atom. The molecule has 2 aromatic rings. The lowest BCUT2D eigenvalue weighted by Gasteiger charge is -2.13. The van der Waals surface area contributed by atoms with E-state index in [-0.39, 0.29) is 5.52 Å². The van der Waals surface area contributed by atoms with Gasteiger partial charge in [-0.15, -0.1) is 0 Å². The van der Waals surface area contributed by atoms with Gasteiger partial charge in [0.15, 0.2) is 0 Å². The SMILES string of the molecule is CC(C)n1c(=O)[nH]c2ccc(F)c(C(F)(F)F)c21. The number of fused-ring (bicyclic) bond motifs is 1. The van der Waals surface area contributed by atoms with Crippen LogP contribution in [-0.2, 0) is 6.18 Å². The highest BCUT2D eigenvalue weighted by Crippen LogP contribution is 2.36. The van der Waals surface area contributed by atoms with Gasteiger partial charge in [0.05, 0.1) is 11.0 Å². The lowest BCUT2D eigenvalue weighted by molar-refractivity contribution is -0.138. The van der Waals surface area contributed by atoms with Crippen molar-refractivity contribution in [2.24, 2.45) is 0 Å². The zero-order valence-corrected chi connectivity index (χ0v) is 9.60. The van der Waals surface area contributed by atoms with E-state index in [9.17, 15) is 22.4 Å². The number of nitrogens with one attached hydrogen (secondary N) is 1. The van der Waals surface area contributed by atoms with Gasteiger partial charge in [-0.1, -0.05) is 0 Å². The molecule has 7 heteroatoms. The van der Waals surface area contributed by atoms with Gasteiger partial charge < -0.3 is 4.98 Å². The quantitative estimate of drug-likeness (QED) is 0.788. The summed E-state index contributed by atoms with van der Waals surface area (Å²) in [6.45, 7) is 3.11. The molecule has 3 nitrogen and oxygen atoms in total. The van der Waals surface area contributed by atoms with Crippen LogP contribution in [0.2, 0.25) is 0 Å². The van der Waals surface area contributed by atoms with Gasteiger partial charge in [-0.3, -0.25) is 4.57 Å². The fourth-order valence-electron chi connectivity index (χ4n) is 1.96. The van der Waals surface area contributed by atoms with Crippen molar-refractivity contribution in [1.82, 2.24) is 9.55 Å². The van der Waals surface area contributed by atoms with Crippen LogP contribution < -0.4 is 5.69 Å². The molecule has 0 aliphatic heterocycles. The molecule has 0 radical (unpaired) electrons. The minimum Gasteiger partial charge on any atom is -0.306 e. The molecule has 0 spiro atoms. The van der Waals surface area contributed by atoms with Crippen LogP contribution >= 0.6 is 0 Å². The minimum absolute atomic E-state index is 0.0255. The van der Waals surface area contributed by atoms with Crippen molar-refractivity contribution in [2.45, 2.75) is 26.1 Å². The van der Waals surface area contributed by atoms with Crippen molar-refractivity contribution >= 4 is 11.0 Å². The van der Waals surface area contributed by atoms with E-state index in [2.05, 4.69) is 4.98 Å². The number of nitrogens with zero attached hydrogens (tertiary/aromatic N) is 1. The molecule has 18 heavy (non-hydrogen) atoms. The smallest absolute Gasteiger partial charge is 0.306 e. The number of benzene rings is 1. The Morgan fingerprint density at radius 2 is 1.89 bits per heavy atom. The van der Waals surface area contributed by atoms with E-state index in [0.717, 1.165) is 10.6 Å². The average Bonchev–Trinajstić information content (AvgIpc) is 2.51. The molecular weight excluding hydrogens is 252 g/mol. The summed E-state index contributed by atoms with van der Waals surface area (Å²) < 4.78 is 52.9. The molecule has 0 aliphatic carbocycles. The van der Waals surface area contributed by atoms with E-state index in [1.807, 2.05) is 0 Å². The third-order valence-electron chi connectivity index (χ3n) is 2.63. The van der Waals surface area contributed by atoms with Crippen LogP contribution in [0.4, 0.5) is 17.6 Å². The molecule has 0 saturated heterocycles. The molecule has 98 valence electrons. The van der Waals surface area contributed by atoms with E-state index >= 15 is 0 Å².